The molecule has 24 heavy (non-hydrogen) atoms. The van der Waals surface area contributed by atoms with Gasteiger partial charge in [0.2, 0.25) is 0 Å². The molecule has 2 unspecified atom stereocenters. The number of fused-ring (bicyclic) bond motifs is 1. The summed E-state index contributed by atoms with van der Waals surface area (Å²) in [5, 5.41) is 0.751. The second-order valence-electron chi connectivity index (χ2n) is 6.01. The summed E-state index contributed by atoms with van der Waals surface area (Å²) in [6, 6.07) is 5.26. The SMILES string of the molecule is COC(=O)C1=C(C)N=C2CCCC(=O)C2C1c1cccc(Cl)c1Cl. The number of rotatable bonds is 2. The molecule has 1 aliphatic carbocycles. The van der Waals surface area contributed by atoms with Crippen LogP contribution in [0, 0.1) is 5.92 Å². The first-order chi connectivity index (χ1) is 11.5. The van der Waals surface area contributed by atoms with Gasteiger partial charge in [-0.05, 0) is 31.4 Å². The van der Waals surface area contributed by atoms with E-state index in [0.717, 1.165) is 18.6 Å². The van der Waals surface area contributed by atoms with Crippen molar-refractivity contribution in [2.24, 2.45) is 10.9 Å². The molecule has 1 aliphatic heterocycles. The summed E-state index contributed by atoms with van der Waals surface area (Å²) in [6.45, 7) is 1.76. The average molecular weight is 366 g/mol. The minimum atomic E-state index is -0.510. The molecule has 126 valence electrons. The minimum Gasteiger partial charge on any atom is -0.466 e. The van der Waals surface area contributed by atoms with Gasteiger partial charge in [0.15, 0.2) is 0 Å². The van der Waals surface area contributed by atoms with E-state index in [0.29, 0.717) is 33.3 Å². The third-order valence-corrected chi connectivity index (χ3v) is 5.46. The zero-order chi connectivity index (χ0) is 17.4. The van der Waals surface area contributed by atoms with Gasteiger partial charge >= 0.3 is 5.97 Å². The van der Waals surface area contributed by atoms with Crippen molar-refractivity contribution in [1.29, 1.82) is 0 Å². The standard InChI is InChI=1S/C18H17Cl2NO3/c1-9-14(18(23)24-2)15(10-5-3-6-11(19)17(10)20)16-12(21-9)7-4-8-13(16)22/h3,5-6,15-16H,4,7-8H2,1-2H3. The van der Waals surface area contributed by atoms with Gasteiger partial charge < -0.3 is 4.74 Å². The van der Waals surface area contributed by atoms with Crippen LogP contribution in [-0.4, -0.2) is 24.6 Å². The summed E-state index contributed by atoms with van der Waals surface area (Å²) >= 11 is 12.6. The number of nitrogens with zero attached hydrogens (tertiary/aromatic N) is 1. The van der Waals surface area contributed by atoms with E-state index in [2.05, 4.69) is 4.99 Å². The number of carbonyl (C=O) groups is 2. The van der Waals surface area contributed by atoms with Gasteiger partial charge in [0, 0.05) is 23.7 Å². The molecule has 1 saturated carbocycles. The van der Waals surface area contributed by atoms with E-state index in [1.807, 2.05) is 0 Å². The lowest BCUT2D eigenvalue weighted by Crippen LogP contribution is -2.39. The lowest BCUT2D eigenvalue weighted by atomic mass is 9.69. The topological polar surface area (TPSA) is 55.7 Å². The maximum Gasteiger partial charge on any atom is 0.336 e. The van der Waals surface area contributed by atoms with E-state index in [1.165, 1.54) is 7.11 Å². The molecule has 0 aromatic heterocycles. The van der Waals surface area contributed by atoms with Crippen molar-refractivity contribution in [3.63, 3.8) is 0 Å². The lowest BCUT2D eigenvalue weighted by molar-refractivity contribution is -0.136. The Labute approximate surface area is 150 Å². The van der Waals surface area contributed by atoms with Crippen LogP contribution in [0.15, 0.2) is 34.5 Å². The molecule has 4 nitrogen and oxygen atoms in total. The van der Waals surface area contributed by atoms with Gasteiger partial charge in [0.25, 0.3) is 0 Å². The van der Waals surface area contributed by atoms with Crippen molar-refractivity contribution in [1.82, 2.24) is 0 Å². The van der Waals surface area contributed by atoms with Crippen LogP contribution < -0.4 is 0 Å². The molecule has 0 radical (unpaired) electrons. The van der Waals surface area contributed by atoms with Crippen LogP contribution in [-0.2, 0) is 14.3 Å². The fourth-order valence-corrected chi connectivity index (χ4v) is 4.02. The molecular weight excluding hydrogens is 349 g/mol. The summed E-state index contributed by atoms with van der Waals surface area (Å²) in [5.74, 6) is -1.40. The predicted molar refractivity (Wildman–Crippen MR) is 93.7 cm³/mol. The van der Waals surface area contributed by atoms with Crippen LogP contribution in [0.4, 0.5) is 0 Å². The molecule has 1 aromatic rings. The van der Waals surface area contributed by atoms with E-state index in [1.54, 1.807) is 25.1 Å². The van der Waals surface area contributed by atoms with E-state index in [4.69, 9.17) is 27.9 Å². The molecule has 1 fully saturated rings. The van der Waals surface area contributed by atoms with Crippen molar-refractivity contribution in [3.8, 4) is 0 Å². The van der Waals surface area contributed by atoms with Gasteiger partial charge in [-0.1, -0.05) is 35.3 Å². The lowest BCUT2D eigenvalue weighted by Gasteiger charge is -2.35. The van der Waals surface area contributed by atoms with Crippen LogP contribution in [0.3, 0.4) is 0 Å². The molecular formula is C18H17Cl2NO3. The highest BCUT2D eigenvalue weighted by atomic mass is 35.5. The van der Waals surface area contributed by atoms with E-state index >= 15 is 0 Å². The zero-order valence-electron chi connectivity index (χ0n) is 13.4. The first kappa shape index (κ1) is 17.2. The smallest absolute Gasteiger partial charge is 0.336 e. The van der Waals surface area contributed by atoms with E-state index in [9.17, 15) is 9.59 Å². The maximum absolute atomic E-state index is 12.6. The minimum absolute atomic E-state index is 0.0787. The number of hydrogen-bond donors (Lipinski definition) is 0. The number of halogens is 2. The molecule has 0 amide bonds. The third-order valence-electron chi connectivity index (χ3n) is 4.63. The summed E-state index contributed by atoms with van der Waals surface area (Å²) < 4.78 is 4.94. The maximum atomic E-state index is 12.6. The monoisotopic (exact) mass is 365 g/mol. The molecule has 6 heteroatoms. The van der Waals surface area contributed by atoms with Crippen LogP contribution in [0.25, 0.3) is 0 Å². The summed E-state index contributed by atoms with van der Waals surface area (Å²) in [4.78, 5) is 29.6. The van der Waals surface area contributed by atoms with Crippen molar-refractivity contribution in [3.05, 3.63) is 45.1 Å². The molecule has 0 N–H and O–H groups in total. The number of hydrogen-bond acceptors (Lipinski definition) is 4. The number of Topliss-reactive ketones (excluding diaryl/α,β-unsaturated/α-hetero) is 1. The highest BCUT2D eigenvalue weighted by molar-refractivity contribution is 6.42. The molecule has 2 aliphatic rings. The van der Waals surface area contributed by atoms with Gasteiger partial charge in [0.1, 0.15) is 5.78 Å². The fourth-order valence-electron chi connectivity index (χ4n) is 3.59. The van der Waals surface area contributed by atoms with Crippen molar-refractivity contribution >= 4 is 40.7 Å². The highest BCUT2D eigenvalue weighted by Crippen LogP contribution is 2.46. The van der Waals surface area contributed by atoms with Crippen LogP contribution in [0.1, 0.15) is 37.7 Å². The molecule has 0 saturated heterocycles. The van der Waals surface area contributed by atoms with Gasteiger partial charge in [-0.3, -0.25) is 9.79 Å². The Morgan fingerprint density at radius 2 is 2.00 bits per heavy atom. The average Bonchev–Trinajstić information content (AvgIpc) is 2.56. The molecule has 3 rings (SSSR count). The Hall–Kier alpha value is -1.65. The highest BCUT2D eigenvalue weighted by Gasteiger charge is 2.44. The number of benzene rings is 1. The second kappa shape index (κ2) is 6.69. The first-order valence-corrected chi connectivity index (χ1v) is 8.54. The summed E-state index contributed by atoms with van der Waals surface area (Å²) in [5.41, 5.74) is 2.43. The van der Waals surface area contributed by atoms with E-state index in [-0.39, 0.29) is 5.78 Å². The Morgan fingerprint density at radius 3 is 2.71 bits per heavy atom. The molecule has 2 atom stereocenters. The Balaban J connectivity index is 2.24. The number of carbonyl (C=O) groups excluding carboxylic acids is 2. The fraction of sp³-hybridized carbons (Fsp3) is 0.389. The Bertz CT molecular complexity index is 782. The third kappa shape index (κ3) is 2.78. The number of methoxy groups -OCH3 is 1. The summed E-state index contributed by atoms with van der Waals surface area (Å²) in [7, 11) is 1.32. The van der Waals surface area contributed by atoms with Crippen molar-refractivity contribution in [2.45, 2.75) is 32.1 Å². The first-order valence-electron chi connectivity index (χ1n) is 7.78. The zero-order valence-corrected chi connectivity index (χ0v) is 14.9. The number of esters is 1. The van der Waals surface area contributed by atoms with Gasteiger partial charge in [-0.25, -0.2) is 4.79 Å². The Kier molecular flexibility index (Phi) is 4.79. The largest absolute Gasteiger partial charge is 0.466 e. The summed E-state index contributed by atoms with van der Waals surface area (Å²) in [6.07, 6.45) is 2.01. The predicted octanol–water partition coefficient (Wildman–Crippen LogP) is 4.35. The number of ketones is 1. The van der Waals surface area contributed by atoms with Gasteiger partial charge in [0.05, 0.1) is 28.6 Å². The number of allylic oxidation sites excluding steroid dienone is 1. The quantitative estimate of drug-likeness (QED) is 0.732. The Morgan fingerprint density at radius 1 is 1.25 bits per heavy atom. The number of ether oxygens (including phenoxy) is 1. The van der Waals surface area contributed by atoms with Crippen molar-refractivity contribution in [2.75, 3.05) is 7.11 Å². The second-order valence-corrected chi connectivity index (χ2v) is 6.80. The van der Waals surface area contributed by atoms with Gasteiger partial charge in [-0.15, -0.1) is 0 Å². The van der Waals surface area contributed by atoms with Crippen LogP contribution >= 0.6 is 23.2 Å². The van der Waals surface area contributed by atoms with E-state index < -0.39 is 17.8 Å². The molecule has 0 spiro atoms. The van der Waals surface area contributed by atoms with Crippen LogP contribution in [0.2, 0.25) is 10.0 Å². The molecule has 0 bridgehead atoms. The number of aliphatic imine (C=N–C) groups is 1. The van der Waals surface area contributed by atoms with Gasteiger partial charge in [-0.2, -0.15) is 0 Å². The molecule has 1 aromatic carbocycles. The van der Waals surface area contributed by atoms with Crippen LogP contribution in [0.5, 0.6) is 0 Å². The normalized spacial score (nSPS) is 23.7. The molecule has 1 heterocycles. The van der Waals surface area contributed by atoms with Crippen molar-refractivity contribution < 1.29 is 14.3 Å².